The normalized spacial score (nSPS) is 9.14. The van der Waals surface area contributed by atoms with Crippen LogP contribution in [0.5, 0.6) is 0 Å². The molecule has 0 atom stereocenters. The lowest BCUT2D eigenvalue weighted by Gasteiger charge is -2.05. The largest absolute Gasteiger partial charge is 0.366 e. The highest BCUT2D eigenvalue weighted by atomic mass is 16.1. The van der Waals surface area contributed by atoms with E-state index in [2.05, 4.69) is 0 Å². The molecule has 0 saturated heterocycles. The number of hydrogen-bond donors (Lipinski definition) is 1. The molecule has 1 aromatic carbocycles. The molecular weight excluding hydrogens is 180 g/mol. The molecule has 70 valence electrons. The fraction of sp³-hybridized carbons (Fsp3) is 0.100. The Labute approximate surface area is 80.9 Å². The van der Waals surface area contributed by atoms with Gasteiger partial charge in [-0.1, -0.05) is 6.07 Å². The Morgan fingerprint density at radius 3 is 2.64 bits per heavy atom. The third-order valence-corrected chi connectivity index (χ3v) is 2.00. The highest BCUT2D eigenvalue weighted by molar-refractivity contribution is 5.99. The van der Waals surface area contributed by atoms with Crippen molar-refractivity contribution in [3.8, 4) is 6.07 Å². The number of rotatable bonds is 2. The lowest BCUT2D eigenvalue weighted by molar-refractivity contribution is 0.0999. The second-order valence-electron chi connectivity index (χ2n) is 2.80. The quantitative estimate of drug-likeness (QED) is 0.696. The van der Waals surface area contributed by atoms with E-state index in [0.29, 0.717) is 17.4 Å². The topological polar surface area (TPSA) is 83.9 Å². The van der Waals surface area contributed by atoms with E-state index in [1.165, 1.54) is 12.1 Å². The van der Waals surface area contributed by atoms with Gasteiger partial charge in [-0.05, 0) is 18.6 Å². The number of carbonyl (C=O) groups is 2. The summed E-state index contributed by atoms with van der Waals surface area (Å²) in [5.74, 6) is -0.692. The molecular formula is C10H8N2O2. The van der Waals surface area contributed by atoms with Gasteiger partial charge < -0.3 is 5.73 Å². The third-order valence-electron chi connectivity index (χ3n) is 2.00. The van der Waals surface area contributed by atoms with Crippen LogP contribution in [0.1, 0.15) is 31.8 Å². The van der Waals surface area contributed by atoms with E-state index in [9.17, 15) is 9.59 Å². The third kappa shape index (κ3) is 1.48. The summed E-state index contributed by atoms with van der Waals surface area (Å²) in [6.07, 6.45) is 0.628. The smallest absolute Gasteiger partial charge is 0.250 e. The van der Waals surface area contributed by atoms with E-state index in [4.69, 9.17) is 11.0 Å². The van der Waals surface area contributed by atoms with Crippen molar-refractivity contribution >= 4 is 12.2 Å². The lowest BCUT2D eigenvalue weighted by atomic mass is 9.98. The zero-order valence-corrected chi connectivity index (χ0v) is 7.57. The molecule has 1 aromatic rings. The van der Waals surface area contributed by atoms with E-state index in [-0.39, 0.29) is 11.1 Å². The number of amides is 1. The number of hydrogen-bond acceptors (Lipinski definition) is 3. The van der Waals surface area contributed by atoms with Crippen LogP contribution in [0.2, 0.25) is 0 Å². The van der Waals surface area contributed by atoms with E-state index in [0.717, 1.165) is 0 Å². The number of nitriles is 1. The molecule has 0 radical (unpaired) electrons. The van der Waals surface area contributed by atoms with Crippen LogP contribution in [-0.4, -0.2) is 12.2 Å². The molecule has 4 nitrogen and oxygen atoms in total. The Morgan fingerprint density at radius 2 is 2.21 bits per heavy atom. The van der Waals surface area contributed by atoms with Crippen molar-refractivity contribution in [3.05, 3.63) is 34.4 Å². The molecule has 0 aliphatic carbocycles. The van der Waals surface area contributed by atoms with Crippen LogP contribution in [-0.2, 0) is 0 Å². The second kappa shape index (κ2) is 3.71. The monoisotopic (exact) mass is 188 g/mol. The summed E-state index contributed by atoms with van der Waals surface area (Å²) in [5, 5.41) is 8.71. The molecule has 2 N–H and O–H groups in total. The molecule has 4 heteroatoms. The van der Waals surface area contributed by atoms with Gasteiger partial charge in [0.15, 0.2) is 0 Å². The number of primary amides is 1. The van der Waals surface area contributed by atoms with Crippen molar-refractivity contribution in [2.45, 2.75) is 6.92 Å². The van der Waals surface area contributed by atoms with Gasteiger partial charge in [0, 0.05) is 5.56 Å². The Kier molecular flexibility index (Phi) is 2.63. The van der Waals surface area contributed by atoms with E-state index < -0.39 is 5.91 Å². The first-order valence-electron chi connectivity index (χ1n) is 3.90. The summed E-state index contributed by atoms with van der Waals surface area (Å²) in [7, 11) is 0. The molecule has 1 amide bonds. The first kappa shape index (κ1) is 9.93. The maximum Gasteiger partial charge on any atom is 0.250 e. The second-order valence-corrected chi connectivity index (χ2v) is 2.80. The molecule has 0 spiro atoms. The molecule has 0 aromatic heterocycles. The minimum Gasteiger partial charge on any atom is -0.366 e. The molecule has 0 heterocycles. The van der Waals surface area contributed by atoms with Crippen molar-refractivity contribution in [2.24, 2.45) is 5.73 Å². The summed E-state index contributed by atoms with van der Waals surface area (Å²) in [5.41, 5.74) is 6.25. The van der Waals surface area contributed by atoms with E-state index in [1.807, 2.05) is 6.07 Å². The molecule has 0 aliphatic heterocycles. The van der Waals surface area contributed by atoms with Crippen LogP contribution >= 0.6 is 0 Å². The van der Waals surface area contributed by atoms with Gasteiger partial charge in [-0.25, -0.2) is 0 Å². The Balaban J connectivity index is 3.56. The van der Waals surface area contributed by atoms with Crippen LogP contribution in [0.4, 0.5) is 0 Å². The van der Waals surface area contributed by atoms with E-state index >= 15 is 0 Å². The molecule has 14 heavy (non-hydrogen) atoms. The van der Waals surface area contributed by atoms with Gasteiger partial charge in [-0.3, -0.25) is 9.59 Å². The minimum absolute atomic E-state index is 0.122. The van der Waals surface area contributed by atoms with Crippen LogP contribution in [0, 0.1) is 18.3 Å². The molecule has 0 unspecified atom stereocenters. The van der Waals surface area contributed by atoms with Gasteiger partial charge >= 0.3 is 0 Å². The maximum absolute atomic E-state index is 11.0. The zero-order chi connectivity index (χ0) is 10.7. The molecule has 0 aliphatic rings. The zero-order valence-electron chi connectivity index (χ0n) is 7.57. The number of benzene rings is 1. The standard InChI is InChI=1S/C10H8N2O2/c1-6-8(5-13)3-2-7(4-11)9(6)10(12)14/h2-3,5H,1H3,(H2,12,14). The maximum atomic E-state index is 11.0. The van der Waals surface area contributed by atoms with Gasteiger partial charge in [-0.2, -0.15) is 5.26 Å². The highest BCUT2D eigenvalue weighted by Gasteiger charge is 2.13. The van der Waals surface area contributed by atoms with Crippen LogP contribution < -0.4 is 5.73 Å². The first-order chi connectivity index (χ1) is 6.61. The fourth-order valence-electron chi connectivity index (χ4n) is 1.27. The van der Waals surface area contributed by atoms with Crippen LogP contribution in [0.15, 0.2) is 12.1 Å². The molecule has 1 rings (SSSR count). The fourth-order valence-corrected chi connectivity index (χ4v) is 1.27. The lowest BCUT2D eigenvalue weighted by Crippen LogP contribution is -2.15. The Bertz CT molecular complexity index is 444. The minimum atomic E-state index is -0.692. The summed E-state index contributed by atoms with van der Waals surface area (Å²) >= 11 is 0. The predicted octanol–water partition coefficient (Wildman–Crippen LogP) is 0.778. The summed E-state index contributed by atoms with van der Waals surface area (Å²) in [6, 6.07) is 4.76. The summed E-state index contributed by atoms with van der Waals surface area (Å²) in [6.45, 7) is 1.59. The van der Waals surface area contributed by atoms with Crippen molar-refractivity contribution in [1.29, 1.82) is 5.26 Å². The van der Waals surface area contributed by atoms with Gasteiger partial charge in [0.2, 0.25) is 5.91 Å². The van der Waals surface area contributed by atoms with E-state index in [1.54, 1.807) is 6.92 Å². The van der Waals surface area contributed by atoms with Crippen molar-refractivity contribution in [1.82, 2.24) is 0 Å². The van der Waals surface area contributed by atoms with Crippen LogP contribution in [0.25, 0.3) is 0 Å². The number of carbonyl (C=O) groups excluding carboxylic acids is 2. The number of nitrogens with zero attached hydrogens (tertiary/aromatic N) is 1. The van der Waals surface area contributed by atoms with Gasteiger partial charge in [-0.15, -0.1) is 0 Å². The van der Waals surface area contributed by atoms with Crippen molar-refractivity contribution < 1.29 is 9.59 Å². The van der Waals surface area contributed by atoms with Crippen molar-refractivity contribution in [2.75, 3.05) is 0 Å². The summed E-state index contributed by atoms with van der Waals surface area (Å²) in [4.78, 5) is 21.6. The Hall–Kier alpha value is -2.15. The molecule has 0 fully saturated rings. The number of nitrogens with two attached hydrogens (primary N) is 1. The highest BCUT2D eigenvalue weighted by Crippen LogP contribution is 2.16. The molecule has 0 saturated carbocycles. The number of aldehydes is 1. The SMILES string of the molecule is Cc1c(C=O)ccc(C#N)c1C(N)=O. The first-order valence-corrected chi connectivity index (χ1v) is 3.90. The van der Waals surface area contributed by atoms with Gasteiger partial charge in [0.05, 0.1) is 17.2 Å². The van der Waals surface area contributed by atoms with Crippen LogP contribution in [0.3, 0.4) is 0 Å². The van der Waals surface area contributed by atoms with Gasteiger partial charge in [0.25, 0.3) is 0 Å². The predicted molar refractivity (Wildman–Crippen MR) is 49.8 cm³/mol. The van der Waals surface area contributed by atoms with Crippen molar-refractivity contribution in [3.63, 3.8) is 0 Å². The summed E-state index contributed by atoms with van der Waals surface area (Å²) < 4.78 is 0. The van der Waals surface area contributed by atoms with Gasteiger partial charge in [0.1, 0.15) is 6.29 Å². The average molecular weight is 188 g/mol. The Morgan fingerprint density at radius 1 is 1.57 bits per heavy atom. The molecule has 0 bridgehead atoms. The average Bonchev–Trinajstić information content (AvgIpc) is 2.16.